The second kappa shape index (κ2) is 44.8. The van der Waals surface area contributed by atoms with Gasteiger partial charge in [-0.15, -0.1) is 13.2 Å². The van der Waals surface area contributed by atoms with Crippen molar-refractivity contribution in [3.8, 4) is 59.2 Å². The summed E-state index contributed by atoms with van der Waals surface area (Å²) in [5, 5.41) is 0. The molecule has 5 aliphatic rings. The van der Waals surface area contributed by atoms with Gasteiger partial charge in [0.1, 0.15) is 29.1 Å². The largest absolute Gasteiger partial charge is 0.205 e. The fourth-order valence-electron chi connectivity index (χ4n) is 16.5. The van der Waals surface area contributed by atoms with Gasteiger partial charge in [0.15, 0.2) is 87.3 Å². The highest BCUT2D eigenvalue weighted by molar-refractivity contribution is 5.54. The van der Waals surface area contributed by atoms with E-state index in [1.54, 1.807) is 30.3 Å². The van der Waals surface area contributed by atoms with Crippen molar-refractivity contribution in [1.29, 1.82) is 0 Å². The molecule has 0 N–H and O–H groups in total. The van der Waals surface area contributed by atoms with Gasteiger partial charge in [0.2, 0.25) is 0 Å². The van der Waals surface area contributed by atoms with E-state index in [0.29, 0.717) is 89.5 Å². The predicted octanol–water partition coefficient (Wildman–Crippen LogP) is 27.8. The van der Waals surface area contributed by atoms with Crippen molar-refractivity contribution in [3.05, 3.63) is 386 Å². The van der Waals surface area contributed by atoms with Gasteiger partial charge in [0.25, 0.3) is 0 Å². The van der Waals surface area contributed by atoms with Crippen molar-refractivity contribution >= 4 is 0 Å². The van der Waals surface area contributed by atoms with E-state index in [-0.39, 0.29) is 78.9 Å². The first kappa shape index (κ1) is 95.5. The lowest BCUT2D eigenvalue weighted by molar-refractivity contribution is 0.401. The summed E-state index contributed by atoms with van der Waals surface area (Å²) in [5.74, 6) is 5.34. The molecule has 0 nitrogen and oxygen atoms in total. The van der Waals surface area contributed by atoms with E-state index in [1.165, 1.54) is 25.7 Å². The van der Waals surface area contributed by atoms with Crippen molar-refractivity contribution in [1.82, 2.24) is 0 Å². The van der Waals surface area contributed by atoms with Crippen molar-refractivity contribution in [2.45, 2.75) is 168 Å². The maximum absolute atomic E-state index is 14.8. The van der Waals surface area contributed by atoms with Gasteiger partial charge in [0.05, 0.1) is 27.8 Å². The first-order chi connectivity index (χ1) is 61.0. The van der Waals surface area contributed by atoms with Gasteiger partial charge in [0, 0.05) is 27.8 Å². The molecule has 0 amide bonds. The average Bonchev–Trinajstić information content (AvgIpc) is 0.816. The van der Waals surface area contributed by atoms with Crippen LogP contribution < -0.4 is 0 Å². The monoisotopic (exact) mass is 1750 g/mol. The Morgan fingerprint density at radius 2 is 0.535 bits per heavy atom. The molecule has 656 valence electrons. The third kappa shape index (κ3) is 24.7. The maximum Gasteiger partial charge on any atom is 0.194 e. The summed E-state index contributed by atoms with van der Waals surface area (Å²) in [6.07, 6.45) is 29.0. The molecule has 5 atom stereocenters. The lowest BCUT2D eigenvalue weighted by atomic mass is 9.80. The molecule has 0 radical (unpaired) electrons. The summed E-state index contributed by atoms with van der Waals surface area (Å²) in [6, 6.07) is 25.3. The second-order valence-corrected chi connectivity index (χ2v) is 32.1. The van der Waals surface area contributed by atoms with Gasteiger partial charge in [-0.3, -0.25) is 0 Å². The fraction of sp³-hybridized carbons (Fsp3) is 0.290. The minimum Gasteiger partial charge on any atom is -0.205 e. The van der Waals surface area contributed by atoms with Crippen LogP contribution in [0.25, 0.3) is 0 Å². The van der Waals surface area contributed by atoms with Crippen molar-refractivity contribution in [2.75, 3.05) is 0 Å². The number of rotatable bonds is 11. The molecule has 127 heavy (non-hydrogen) atoms. The molecule has 0 bridgehead atoms. The average molecular weight is 1750 g/mol. The molecule has 0 heterocycles. The molecule has 0 aromatic heterocycles. The Balaban J connectivity index is 0.000000154. The molecular weight excluding hydrogens is 1670 g/mol. The molecule has 10 aromatic rings. The van der Waals surface area contributed by atoms with Crippen LogP contribution in [0.1, 0.15) is 216 Å². The summed E-state index contributed by atoms with van der Waals surface area (Å²) >= 11 is 0. The van der Waals surface area contributed by atoms with Crippen molar-refractivity contribution in [3.63, 3.8) is 0 Å². The van der Waals surface area contributed by atoms with Crippen molar-refractivity contribution in [2.24, 2.45) is 29.6 Å². The molecule has 10 aromatic carbocycles. The van der Waals surface area contributed by atoms with Crippen LogP contribution >= 0.6 is 0 Å². The number of benzene rings is 10. The highest BCUT2D eigenvalue weighted by Crippen LogP contribution is 2.37. The summed E-state index contributed by atoms with van der Waals surface area (Å²) in [7, 11) is 0. The van der Waals surface area contributed by atoms with Gasteiger partial charge in [-0.05, 0) is 292 Å². The molecule has 0 fully saturated rings. The Hall–Kier alpha value is -12.2. The zero-order valence-electron chi connectivity index (χ0n) is 70.0. The molecule has 5 aliphatic carbocycles. The van der Waals surface area contributed by atoms with E-state index >= 15 is 0 Å². The lowest BCUT2D eigenvalue weighted by Gasteiger charge is -2.25. The maximum atomic E-state index is 14.8. The second-order valence-electron chi connectivity index (χ2n) is 32.1. The predicted molar refractivity (Wildman–Crippen MR) is 455 cm³/mol. The SMILES string of the molecule is C/C=C/C1CCc2c(ccc(C#Cc3cc(F)c(F)c(F)c3)c2F)C1.C=CC1CCc2c(ccc(C#Cc3cc(F)c(F)c(F)c3)c2F)C1.C=CCCC1CCc2c(ccc(C#Cc3cc(F)c(F)c(F)c3)c2F)C1.CCCC1CCc2c(ccc(C#Cc3cc(F)c(F)c(F)c3)c2F)C1.CCCCCC1CCc2c(ccc(C#Cc3cc(F)c(F)c(F)c3)c2F)C1. The zero-order valence-corrected chi connectivity index (χ0v) is 70.0. The Morgan fingerprint density at radius 1 is 0.283 bits per heavy atom. The first-order valence-electron chi connectivity index (χ1n) is 42.2. The van der Waals surface area contributed by atoms with Gasteiger partial charge < -0.3 is 0 Å². The van der Waals surface area contributed by atoms with Gasteiger partial charge in [-0.1, -0.05) is 166 Å². The third-order valence-corrected chi connectivity index (χ3v) is 23.2. The van der Waals surface area contributed by atoms with E-state index in [4.69, 9.17) is 0 Å². The number of fused-ring (bicyclic) bond motifs is 5. The number of hydrogen-bond donors (Lipinski definition) is 0. The molecule has 15 rings (SSSR count). The number of unbranched alkanes of at least 4 members (excludes halogenated alkanes) is 2. The minimum absolute atomic E-state index is 0.0282. The lowest BCUT2D eigenvalue weighted by Crippen LogP contribution is -2.16. The fourth-order valence-corrected chi connectivity index (χ4v) is 16.5. The minimum atomic E-state index is -1.54. The van der Waals surface area contributed by atoms with E-state index in [1.807, 2.05) is 55.5 Å². The molecule has 0 saturated heterocycles. The quantitative estimate of drug-likeness (QED) is 0.0398. The normalized spacial score (nSPS) is 16.0. The molecule has 0 spiro atoms. The van der Waals surface area contributed by atoms with Gasteiger partial charge in [-0.25, -0.2) is 87.8 Å². The molecule has 5 unspecified atom stereocenters. The van der Waals surface area contributed by atoms with Crippen LogP contribution in [0.5, 0.6) is 0 Å². The van der Waals surface area contributed by atoms with Gasteiger partial charge in [-0.2, -0.15) is 0 Å². The Kier molecular flexibility index (Phi) is 33.7. The Morgan fingerprint density at radius 3 is 0.795 bits per heavy atom. The molecular formula is C107H88F20. The molecule has 0 saturated carbocycles. The molecule has 0 aliphatic heterocycles. The zero-order chi connectivity index (χ0) is 91.3. The number of hydrogen-bond acceptors (Lipinski definition) is 0. The van der Waals surface area contributed by atoms with Crippen molar-refractivity contribution < 1.29 is 87.8 Å². The number of allylic oxidation sites excluding steroid dienone is 4. The van der Waals surface area contributed by atoms with Crippen LogP contribution in [0.4, 0.5) is 87.8 Å². The smallest absolute Gasteiger partial charge is 0.194 e. The van der Waals surface area contributed by atoms with Crippen LogP contribution in [0.15, 0.2) is 159 Å². The van der Waals surface area contributed by atoms with E-state index in [2.05, 4.69) is 92.3 Å². The topological polar surface area (TPSA) is 0 Å². The van der Waals surface area contributed by atoms with Crippen LogP contribution in [-0.2, 0) is 64.2 Å². The summed E-state index contributed by atoms with van der Waals surface area (Å²) in [5.41, 5.74) is 9.02. The number of halogens is 20. The van der Waals surface area contributed by atoms with Gasteiger partial charge >= 0.3 is 0 Å². The highest BCUT2D eigenvalue weighted by atomic mass is 19.2. The van der Waals surface area contributed by atoms with E-state index in [9.17, 15) is 87.8 Å². The first-order valence-corrected chi connectivity index (χ1v) is 42.2. The van der Waals surface area contributed by atoms with Crippen LogP contribution in [0.3, 0.4) is 0 Å². The summed E-state index contributed by atoms with van der Waals surface area (Å²) in [4.78, 5) is 0. The van der Waals surface area contributed by atoms with Crippen LogP contribution in [0.2, 0.25) is 0 Å². The van der Waals surface area contributed by atoms with E-state index < -0.39 is 93.1 Å². The Labute approximate surface area is 727 Å². The summed E-state index contributed by atoms with van der Waals surface area (Å²) < 4.78 is 270. The highest BCUT2D eigenvalue weighted by Gasteiger charge is 2.28. The van der Waals surface area contributed by atoms with Crippen LogP contribution in [-0.4, -0.2) is 0 Å². The van der Waals surface area contributed by atoms with E-state index in [0.717, 1.165) is 178 Å². The molecule has 20 heteroatoms. The Bertz CT molecular complexity index is 6030. The standard InChI is InChI=1S/C23H22F4.C22H18F4.C21H18F4.C21H16F4.C20H14F4/c1-2-3-4-5-15-7-11-19-18(12-15)10-9-17(22(19)26)8-6-16-13-20(24)23(27)21(25)14-16;1-2-3-4-14-6-10-18-17(11-14)9-8-16(21(18)25)7-5-15-12-19(23)22(26)20(24)13-15;2*1-2-3-13-5-9-17-16(10-13)8-7-15(20(17)24)6-4-14-11-18(22)21(25)19(23)12-14;1-2-12-4-8-16-15(9-12)7-6-14(19(16)23)5-3-13-10-17(21)20(24)18(22)11-13/h9-10,13-15H,2-5,7,11-12H2,1H3;2,8-9,12-14H,1,3-4,6,10-11H2;7-8,11-13H,2-3,5,9-10H2,1H3;2-3,7-8,11-13H,5,9-10H2,1H3;2,6-7,10-12H,1,4,8-9H2/b;;;3-2+;. The van der Waals surface area contributed by atoms with Crippen LogP contribution in [0, 0.1) is 205 Å². The third-order valence-electron chi connectivity index (χ3n) is 23.2. The summed E-state index contributed by atoms with van der Waals surface area (Å²) in [6.45, 7) is 13.8.